The Bertz CT molecular complexity index is 1040. The summed E-state index contributed by atoms with van der Waals surface area (Å²) >= 11 is 0. The van der Waals surface area contributed by atoms with Crippen LogP contribution in [0.4, 0.5) is 4.39 Å². The number of benzene rings is 2. The molecule has 0 spiro atoms. The number of fused-ring (bicyclic) bond motifs is 1. The Morgan fingerprint density at radius 2 is 1.89 bits per heavy atom. The lowest BCUT2D eigenvalue weighted by Gasteiger charge is -2.05. The molecule has 4 nitrogen and oxygen atoms in total. The Hall–Kier alpha value is -2.86. The quantitative estimate of drug-likeness (QED) is 0.601. The first-order valence-electron chi connectivity index (χ1n) is 8.83. The van der Waals surface area contributed by atoms with E-state index in [1.807, 2.05) is 37.3 Å². The van der Waals surface area contributed by atoms with Gasteiger partial charge in [0.2, 0.25) is 5.91 Å². The number of carbonyl (C=O) groups excluding carboxylic acids is 1. The molecule has 0 aromatic heterocycles. The molecule has 1 atom stereocenters. The predicted octanol–water partition coefficient (Wildman–Crippen LogP) is 4.40. The van der Waals surface area contributed by atoms with Crippen LogP contribution >= 0.6 is 0 Å². The van der Waals surface area contributed by atoms with Crippen molar-refractivity contribution in [1.82, 2.24) is 5.43 Å². The molecule has 0 fully saturated rings. The fourth-order valence-electron chi connectivity index (χ4n) is 3.24. The van der Waals surface area contributed by atoms with E-state index in [2.05, 4.69) is 10.5 Å². The SMILES string of the molecule is C/C=N\NC(=O)CC1=C(C)/C(=C/c2ccc(S(C)=O)cc2)c2ccc(F)cc21. The first kappa shape index (κ1) is 19.9. The van der Waals surface area contributed by atoms with Gasteiger partial charge in [-0.1, -0.05) is 18.2 Å². The van der Waals surface area contributed by atoms with E-state index in [9.17, 15) is 13.4 Å². The Morgan fingerprint density at radius 3 is 2.54 bits per heavy atom. The fraction of sp³-hybridized carbons (Fsp3) is 0.182. The van der Waals surface area contributed by atoms with Crippen molar-refractivity contribution in [1.29, 1.82) is 0 Å². The van der Waals surface area contributed by atoms with Crippen molar-refractivity contribution < 1.29 is 13.4 Å². The molecule has 2 aromatic rings. The molecule has 1 N–H and O–H groups in total. The standard InChI is InChI=1S/C22H21FN2O2S/c1-4-24-25-22(26)13-20-14(2)19(18-10-7-16(23)12-21(18)20)11-15-5-8-17(9-6-15)28(3)27/h4-12H,13H2,1-3H3,(H,25,26)/b19-11-,24-4-. The highest BCUT2D eigenvalue weighted by molar-refractivity contribution is 7.84. The highest BCUT2D eigenvalue weighted by atomic mass is 32.2. The summed E-state index contributed by atoms with van der Waals surface area (Å²) in [5, 5.41) is 3.76. The third-order valence-corrected chi connectivity index (χ3v) is 5.57. The normalized spacial score (nSPS) is 15.9. The monoisotopic (exact) mass is 396 g/mol. The molecule has 144 valence electrons. The van der Waals surface area contributed by atoms with Gasteiger partial charge < -0.3 is 0 Å². The summed E-state index contributed by atoms with van der Waals surface area (Å²) in [6.07, 6.45) is 5.26. The number of halogens is 1. The van der Waals surface area contributed by atoms with Crippen LogP contribution in [0.3, 0.4) is 0 Å². The number of carbonyl (C=O) groups is 1. The molecule has 1 aliphatic carbocycles. The molecular formula is C22H21FN2O2S. The summed E-state index contributed by atoms with van der Waals surface area (Å²) in [7, 11) is -1.03. The number of nitrogens with one attached hydrogen (secondary N) is 1. The Balaban J connectivity index is 2.03. The van der Waals surface area contributed by atoms with Crippen molar-refractivity contribution in [3.8, 4) is 0 Å². The van der Waals surface area contributed by atoms with E-state index in [1.165, 1.54) is 18.3 Å². The van der Waals surface area contributed by atoms with Gasteiger partial charge in [0.1, 0.15) is 5.82 Å². The summed E-state index contributed by atoms with van der Waals surface area (Å²) in [6.45, 7) is 3.65. The summed E-state index contributed by atoms with van der Waals surface area (Å²) in [5.74, 6) is -0.592. The molecule has 6 heteroatoms. The van der Waals surface area contributed by atoms with Crippen LogP contribution in [-0.2, 0) is 15.6 Å². The maximum Gasteiger partial charge on any atom is 0.244 e. The van der Waals surface area contributed by atoms with Crippen LogP contribution in [0.1, 0.15) is 37.0 Å². The van der Waals surface area contributed by atoms with E-state index >= 15 is 0 Å². The van der Waals surface area contributed by atoms with Crippen molar-refractivity contribution in [2.24, 2.45) is 5.10 Å². The van der Waals surface area contributed by atoms with Gasteiger partial charge in [0.05, 0.1) is 6.42 Å². The van der Waals surface area contributed by atoms with E-state index in [1.54, 1.807) is 19.2 Å². The molecule has 3 rings (SSSR count). The largest absolute Gasteiger partial charge is 0.273 e. The average molecular weight is 396 g/mol. The minimum absolute atomic E-state index is 0.116. The van der Waals surface area contributed by atoms with E-state index in [0.29, 0.717) is 0 Å². The van der Waals surface area contributed by atoms with Gasteiger partial charge in [-0.25, -0.2) is 9.82 Å². The second-order valence-electron chi connectivity index (χ2n) is 6.47. The lowest BCUT2D eigenvalue weighted by Crippen LogP contribution is -2.17. The van der Waals surface area contributed by atoms with Crippen LogP contribution < -0.4 is 5.43 Å². The lowest BCUT2D eigenvalue weighted by atomic mass is 10.0. The van der Waals surface area contributed by atoms with Gasteiger partial charge in [-0.2, -0.15) is 5.10 Å². The highest BCUT2D eigenvalue weighted by Crippen LogP contribution is 2.43. The topological polar surface area (TPSA) is 58.5 Å². The average Bonchev–Trinajstić information content (AvgIpc) is 2.92. The molecular weight excluding hydrogens is 375 g/mol. The Morgan fingerprint density at radius 1 is 1.18 bits per heavy atom. The minimum Gasteiger partial charge on any atom is -0.273 e. The first-order chi connectivity index (χ1) is 13.4. The molecule has 0 radical (unpaired) electrons. The van der Waals surface area contributed by atoms with Gasteiger partial charge in [0.25, 0.3) is 0 Å². The van der Waals surface area contributed by atoms with Crippen LogP contribution in [0.2, 0.25) is 0 Å². The second-order valence-corrected chi connectivity index (χ2v) is 7.85. The number of allylic oxidation sites excluding steroid dienone is 2. The van der Waals surface area contributed by atoms with Gasteiger partial charge in [0, 0.05) is 28.2 Å². The molecule has 0 aliphatic heterocycles. The van der Waals surface area contributed by atoms with Gasteiger partial charge in [-0.3, -0.25) is 9.00 Å². The van der Waals surface area contributed by atoms with Gasteiger partial charge in [0.15, 0.2) is 0 Å². The zero-order valence-electron chi connectivity index (χ0n) is 16.0. The summed E-state index contributed by atoms with van der Waals surface area (Å²) in [6, 6.07) is 12.1. The summed E-state index contributed by atoms with van der Waals surface area (Å²) in [5.41, 5.74) is 7.69. The fourth-order valence-corrected chi connectivity index (χ4v) is 3.76. The first-order valence-corrected chi connectivity index (χ1v) is 10.4. The van der Waals surface area contributed by atoms with Crippen LogP contribution in [-0.4, -0.2) is 22.6 Å². The predicted molar refractivity (Wildman–Crippen MR) is 113 cm³/mol. The van der Waals surface area contributed by atoms with Gasteiger partial charge >= 0.3 is 0 Å². The molecule has 1 amide bonds. The van der Waals surface area contributed by atoms with Crippen LogP contribution in [0.25, 0.3) is 17.2 Å². The highest BCUT2D eigenvalue weighted by Gasteiger charge is 2.25. The number of hydrazone groups is 1. The third kappa shape index (κ3) is 4.17. The number of rotatable bonds is 5. The Kier molecular flexibility index (Phi) is 5.99. The molecule has 0 bridgehead atoms. The number of nitrogens with zero attached hydrogens (tertiary/aromatic N) is 1. The Labute approximate surface area is 166 Å². The maximum absolute atomic E-state index is 13.9. The zero-order chi connectivity index (χ0) is 20.3. The molecule has 1 aliphatic rings. The minimum atomic E-state index is -1.03. The van der Waals surface area contributed by atoms with Crippen molar-refractivity contribution in [3.05, 3.63) is 70.5 Å². The van der Waals surface area contributed by atoms with E-state index < -0.39 is 10.8 Å². The van der Waals surface area contributed by atoms with Crippen molar-refractivity contribution in [2.75, 3.05) is 6.26 Å². The molecule has 28 heavy (non-hydrogen) atoms. The van der Waals surface area contributed by atoms with Crippen LogP contribution in [0, 0.1) is 5.82 Å². The van der Waals surface area contributed by atoms with E-state index in [4.69, 9.17) is 0 Å². The molecule has 1 unspecified atom stereocenters. The number of amides is 1. The molecule has 0 saturated heterocycles. The van der Waals surface area contributed by atoms with Gasteiger partial charge in [-0.15, -0.1) is 0 Å². The van der Waals surface area contributed by atoms with E-state index in [0.717, 1.165) is 38.3 Å². The number of hydrogen-bond acceptors (Lipinski definition) is 3. The number of hydrogen-bond donors (Lipinski definition) is 1. The second kappa shape index (κ2) is 8.44. The third-order valence-electron chi connectivity index (χ3n) is 4.63. The molecule has 2 aromatic carbocycles. The molecule has 0 heterocycles. The van der Waals surface area contributed by atoms with Crippen molar-refractivity contribution in [2.45, 2.75) is 25.2 Å². The van der Waals surface area contributed by atoms with Crippen LogP contribution in [0.15, 0.2) is 58.0 Å². The maximum atomic E-state index is 13.9. The summed E-state index contributed by atoms with van der Waals surface area (Å²) < 4.78 is 25.5. The van der Waals surface area contributed by atoms with Crippen molar-refractivity contribution in [3.63, 3.8) is 0 Å². The lowest BCUT2D eigenvalue weighted by molar-refractivity contribution is -0.120. The van der Waals surface area contributed by atoms with Crippen molar-refractivity contribution >= 4 is 40.1 Å². The van der Waals surface area contributed by atoms with E-state index in [-0.39, 0.29) is 18.1 Å². The van der Waals surface area contributed by atoms with Gasteiger partial charge in [-0.05, 0) is 77.6 Å². The zero-order valence-corrected chi connectivity index (χ0v) is 16.8. The molecule has 0 saturated carbocycles. The summed E-state index contributed by atoms with van der Waals surface area (Å²) in [4.78, 5) is 12.9. The van der Waals surface area contributed by atoms with Crippen LogP contribution in [0.5, 0.6) is 0 Å². The smallest absolute Gasteiger partial charge is 0.244 e.